The highest BCUT2D eigenvalue weighted by molar-refractivity contribution is 7.98. The Hall–Kier alpha value is -3.31. The number of aliphatic carboxylic acids is 1. The van der Waals surface area contributed by atoms with Gasteiger partial charge in [-0.05, 0) is 48.3 Å². The number of rotatable bonds is 9. The van der Waals surface area contributed by atoms with E-state index in [4.69, 9.17) is 4.52 Å². The summed E-state index contributed by atoms with van der Waals surface area (Å²) in [4.78, 5) is 11.2. The third-order valence-corrected chi connectivity index (χ3v) is 6.86. The van der Waals surface area contributed by atoms with Crippen LogP contribution in [0.2, 0.25) is 0 Å². The van der Waals surface area contributed by atoms with Crippen LogP contribution in [0, 0.1) is 6.92 Å². The number of aromatic nitrogens is 1. The molecule has 168 valence electrons. The van der Waals surface area contributed by atoms with Gasteiger partial charge in [-0.25, -0.2) is 0 Å². The average Bonchev–Trinajstić information content (AvgIpc) is 3.22. The topological polar surface area (TPSA) is 63.3 Å². The summed E-state index contributed by atoms with van der Waals surface area (Å²) in [6, 6.07) is 26.5. The molecule has 4 rings (SSSR count). The van der Waals surface area contributed by atoms with E-state index >= 15 is 0 Å². The third kappa shape index (κ3) is 5.55. The fraction of sp³-hybridized carbons (Fsp3) is 0.214. The lowest BCUT2D eigenvalue weighted by atomic mass is 9.97. The lowest BCUT2D eigenvalue weighted by Crippen LogP contribution is -2.06. The maximum atomic E-state index is 11.2. The zero-order chi connectivity index (χ0) is 23.2. The Morgan fingerprint density at radius 1 is 0.939 bits per heavy atom. The van der Waals surface area contributed by atoms with Crippen LogP contribution in [0.1, 0.15) is 35.2 Å². The zero-order valence-corrected chi connectivity index (χ0v) is 19.6. The summed E-state index contributed by atoms with van der Waals surface area (Å²) < 4.78 is 5.69. The molecule has 1 aromatic heterocycles. The maximum Gasteiger partial charge on any atom is 0.310 e. The standard InChI is InChI=1S/C28H27NO3S/c1-19(28(30)31)22-8-10-23(11-9-22)24-12-14-25(15-13-24)27-26(20(2)29-32-27)18-33-17-16-21-6-4-3-5-7-21/h3-15,19H,16-18H2,1-2H3,(H,30,31). The molecule has 0 aliphatic rings. The van der Waals surface area contributed by atoms with Gasteiger partial charge < -0.3 is 9.63 Å². The van der Waals surface area contributed by atoms with Gasteiger partial charge in [-0.1, -0.05) is 84.0 Å². The van der Waals surface area contributed by atoms with Gasteiger partial charge in [-0.2, -0.15) is 11.8 Å². The first-order valence-corrected chi connectivity index (χ1v) is 12.2. The first kappa shape index (κ1) is 22.9. The monoisotopic (exact) mass is 457 g/mol. The fourth-order valence-corrected chi connectivity index (χ4v) is 4.78. The molecule has 4 aromatic rings. The number of carboxylic acids is 1. The molecular formula is C28H27NO3S. The summed E-state index contributed by atoms with van der Waals surface area (Å²) in [7, 11) is 0. The molecule has 0 fully saturated rings. The molecule has 0 aliphatic heterocycles. The summed E-state index contributed by atoms with van der Waals surface area (Å²) in [5.41, 5.74) is 7.37. The maximum absolute atomic E-state index is 11.2. The highest BCUT2D eigenvalue weighted by Gasteiger charge is 2.16. The molecule has 4 nitrogen and oxygen atoms in total. The Kier molecular flexibility index (Phi) is 7.30. The van der Waals surface area contributed by atoms with Crippen molar-refractivity contribution >= 4 is 17.7 Å². The SMILES string of the molecule is Cc1noc(-c2ccc(-c3ccc(C(C)C(=O)O)cc3)cc2)c1CSCCc1ccccc1. The minimum absolute atomic E-state index is 0.514. The van der Waals surface area contributed by atoms with Crippen LogP contribution in [0.5, 0.6) is 0 Å². The smallest absolute Gasteiger partial charge is 0.310 e. The molecule has 1 atom stereocenters. The molecule has 0 aliphatic carbocycles. The van der Waals surface area contributed by atoms with E-state index < -0.39 is 11.9 Å². The van der Waals surface area contributed by atoms with Gasteiger partial charge in [0.15, 0.2) is 5.76 Å². The summed E-state index contributed by atoms with van der Waals surface area (Å²) >= 11 is 1.89. The Morgan fingerprint density at radius 3 is 2.18 bits per heavy atom. The van der Waals surface area contributed by atoms with Crippen molar-refractivity contribution in [2.45, 2.75) is 31.9 Å². The lowest BCUT2D eigenvalue weighted by molar-refractivity contribution is -0.138. The van der Waals surface area contributed by atoms with Crippen molar-refractivity contribution < 1.29 is 14.4 Å². The van der Waals surface area contributed by atoms with Gasteiger partial charge in [-0.3, -0.25) is 4.79 Å². The predicted molar refractivity (Wildman–Crippen MR) is 134 cm³/mol. The molecule has 0 radical (unpaired) electrons. The molecule has 3 aromatic carbocycles. The van der Waals surface area contributed by atoms with Gasteiger partial charge in [0.1, 0.15) is 0 Å². The number of thioether (sulfide) groups is 1. The highest BCUT2D eigenvalue weighted by atomic mass is 32.2. The third-order valence-electron chi connectivity index (χ3n) is 5.87. The van der Waals surface area contributed by atoms with Crippen molar-refractivity contribution in [1.82, 2.24) is 5.16 Å². The van der Waals surface area contributed by atoms with Gasteiger partial charge >= 0.3 is 5.97 Å². The van der Waals surface area contributed by atoms with Crippen molar-refractivity contribution in [3.8, 4) is 22.5 Å². The van der Waals surface area contributed by atoms with E-state index in [9.17, 15) is 9.90 Å². The molecule has 0 saturated heterocycles. The molecule has 1 heterocycles. The molecule has 0 spiro atoms. The number of aryl methyl sites for hydroxylation is 2. The second-order valence-corrected chi connectivity index (χ2v) is 9.23. The molecule has 5 heteroatoms. The van der Waals surface area contributed by atoms with Crippen molar-refractivity contribution in [3.05, 3.63) is 101 Å². The minimum atomic E-state index is -0.816. The summed E-state index contributed by atoms with van der Waals surface area (Å²) in [5.74, 6) is 1.41. The molecule has 0 bridgehead atoms. The number of benzene rings is 3. The first-order chi connectivity index (χ1) is 16.0. The summed E-state index contributed by atoms with van der Waals surface area (Å²) in [6.07, 6.45) is 1.05. The predicted octanol–water partition coefficient (Wildman–Crippen LogP) is 6.98. The quantitative estimate of drug-likeness (QED) is 0.275. The second kappa shape index (κ2) is 10.5. The van der Waals surface area contributed by atoms with E-state index in [1.54, 1.807) is 6.92 Å². The minimum Gasteiger partial charge on any atom is -0.481 e. The average molecular weight is 458 g/mol. The Labute approximate surface area is 198 Å². The van der Waals surface area contributed by atoms with Crippen molar-refractivity contribution in [1.29, 1.82) is 0 Å². The molecular weight excluding hydrogens is 430 g/mol. The van der Waals surface area contributed by atoms with Crippen LogP contribution in [-0.4, -0.2) is 22.0 Å². The van der Waals surface area contributed by atoms with Crippen molar-refractivity contribution in [3.63, 3.8) is 0 Å². The number of carbonyl (C=O) groups is 1. The van der Waals surface area contributed by atoms with Crippen molar-refractivity contribution in [2.75, 3.05) is 5.75 Å². The zero-order valence-electron chi connectivity index (χ0n) is 18.8. The second-order valence-electron chi connectivity index (χ2n) is 8.12. The Morgan fingerprint density at radius 2 is 1.55 bits per heavy atom. The lowest BCUT2D eigenvalue weighted by Gasteiger charge is -2.09. The fourth-order valence-electron chi connectivity index (χ4n) is 3.72. The molecule has 0 saturated carbocycles. The van der Waals surface area contributed by atoms with Crippen LogP contribution < -0.4 is 0 Å². The molecule has 1 N–H and O–H groups in total. The number of hydrogen-bond acceptors (Lipinski definition) is 4. The number of nitrogens with zero attached hydrogens (tertiary/aromatic N) is 1. The van der Waals surface area contributed by atoms with Crippen LogP contribution in [0.15, 0.2) is 83.4 Å². The summed E-state index contributed by atoms with van der Waals surface area (Å²) in [6.45, 7) is 3.69. The van der Waals surface area contributed by atoms with Crippen LogP contribution in [-0.2, 0) is 17.0 Å². The van der Waals surface area contributed by atoms with Gasteiger partial charge in [0, 0.05) is 16.9 Å². The normalized spacial score (nSPS) is 11.9. The molecule has 33 heavy (non-hydrogen) atoms. The van der Waals surface area contributed by atoms with Gasteiger partial charge in [0.05, 0.1) is 11.6 Å². The van der Waals surface area contributed by atoms with E-state index in [0.717, 1.165) is 57.2 Å². The van der Waals surface area contributed by atoms with Gasteiger partial charge in [0.2, 0.25) is 0 Å². The van der Waals surface area contributed by atoms with E-state index in [-0.39, 0.29) is 0 Å². The highest BCUT2D eigenvalue weighted by Crippen LogP contribution is 2.31. The van der Waals surface area contributed by atoms with Crippen LogP contribution in [0.4, 0.5) is 0 Å². The summed E-state index contributed by atoms with van der Waals surface area (Å²) in [5, 5.41) is 13.4. The number of hydrogen-bond donors (Lipinski definition) is 1. The number of carboxylic acid groups (broad SMARTS) is 1. The van der Waals surface area contributed by atoms with Crippen LogP contribution in [0.25, 0.3) is 22.5 Å². The largest absolute Gasteiger partial charge is 0.481 e. The van der Waals surface area contributed by atoms with Gasteiger partial charge in [0.25, 0.3) is 0 Å². The first-order valence-electron chi connectivity index (χ1n) is 11.0. The molecule has 0 amide bonds. The van der Waals surface area contributed by atoms with Crippen LogP contribution in [0.3, 0.4) is 0 Å². The van der Waals surface area contributed by atoms with Gasteiger partial charge in [-0.15, -0.1) is 0 Å². The van der Waals surface area contributed by atoms with E-state index in [0.29, 0.717) is 0 Å². The van der Waals surface area contributed by atoms with E-state index in [2.05, 4.69) is 53.7 Å². The molecule has 1 unspecified atom stereocenters. The van der Waals surface area contributed by atoms with E-state index in [1.165, 1.54) is 5.56 Å². The Balaban J connectivity index is 1.43. The van der Waals surface area contributed by atoms with Crippen molar-refractivity contribution in [2.24, 2.45) is 0 Å². The van der Waals surface area contributed by atoms with E-state index in [1.807, 2.05) is 49.0 Å². The van der Waals surface area contributed by atoms with Crippen LogP contribution >= 0.6 is 11.8 Å². The Bertz CT molecular complexity index is 1200.